The lowest BCUT2D eigenvalue weighted by atomic mass is 9.94. The number of nitrogens with one attached hydrogen (secondary N) is 1. The van der Waals surface area contributed by atoms with Crippen molar-refractivity contribution in [3.05, 3.63) is 77.5 Å². The number of pyridine rings is 1. The first kappa shape index (κ1) is 32.2. The summed E-state index contributed by atoms with van der Waals surface area (Å²) in [5, 5.41) is 2.55. The number of aromatic nitrogens is 1. The number of carbonyl (C=O) groups excluding carboxylic acids is 2. The van der Waals surface area contributed by atoms with E-state index in [2.05, 4.69) is 37.3 Å². The maximum atomic E-state index is 15.9. The highest BCUT2D eigenvalue weighted by Gasteiger charge is 2.32. The van der Waals surface area contributed by atoms with Crippen LogP contribution in [-0.4, -0.2) is 58.6 Å². The first-order valence-electron chi connectivity index (χ1n) is 13.9. The van der Waals surface area contributed by atoms with Gasteiger partial charge in [-0.05, 0) is 61.1 Å². The van der Waals surface area contributed by atoms with Crippen molar-refractivity contribution in [1.29, 1.82) is 0 Å². The molecule has 224 valence electrons. The van der Waals surface area contributed by atoms with Crippen LogP contribution in [0.15, 0.2) is 65.3 Å². The van der Waals surface area contributed by atoms with E-state index in [1.54, 1.807) is 4.90 Å². The van der Waals surface area contributed by atoms with Gasteiger partial charge in [0.25, 0.3) is 0 Å². The van der Waals surface area contributed by atoms with E-state index in [1.807, 2.05) is 32.6 Å². The molecule has 1 aliphatic rings. The highest BCUT2D eigenvalue weighted by atomic mass is 19.1. The molecule has 8 nitrogen and oxygen atoms in total. The SMILES string of the molecule is C=CC(=O)N1CCN(C(=N/C(C(=C)C(C)C)=C(/C)C(C)C)c2cc(F)c(-c3c(N)cccc3F)nc2NC=O)C(C)C1. The molecule has 0 aliphatic carbocycles. The van der Waals surface area contributed by atoms with E-state index in [9.17, 15) is 14.0 Å². The number of amidine groups is 1. The van der Waals surface area contributed by atoms with Crippen LogP contribution in [0.3, 0.4) is 0 Å². The van der Waals surface area contributed by atoms with Crippen LogP contribution >= 0.6 is 0 Å². The zero-order valence-electron chi connectivity index (χ0n) is 25.2. The van der Waals surface area contributed by atoms with Gasteiger partial charge in [-0.25, -0.2) is 18.8 Å². The number of aliphatic imine (C=N–C) groups is 1. The maximum Gasteiger partial charge on any atom is 0.246 e. The monoisotopic (exact) mass is 578 g/mol. The van der Waals surface area contributed by atoms with Crippen LogP contribution in [0.2, 0.25) is 0 Å². The summed E-state index contributed by atoms with van der Waals surface area (Å²) in [5.41, 5.74) is 8.08. The van der Waals surface area contributed by atoms with E-state index in [1.165, 1.54) is 24.3 Å². The highest BCUT2D eigenvalue weighted by Crippen LogP contribution is 2.34. The second-order valence-electron chi connectivity index (χ2n) is 11.0. The van der Waals surface area contributed by atoms with Crippen LogP contribution in [-0.2, 0) is 9.59 Å². The predicted molar refractivity (Wildman–Crippen MR) is 165 cm³/mol. The first-order chi connectivity index (χ1) is 19.8. The summed E-state index contributed by atoms with van der Waals surface area (Å²) < 4.78 is 30.7. The molecule has 3 N–H and O–H groups in total. The molecule has 1 saturated heterocycles. The molecule has 1 fully saturated rings. The molecule has 3 rings (SSSR count). The van der Waals surface area contributed by atoms with Gasteiger partial charge >= 0.3 is 0 Å². The number of nitrogens with zero attached hydrogens (tertiary/aromatic N) is 4. The van der Waals surface area contributed by atoms with Gasteiger partial charge in [-0.15, -0.1) is 0 Å². The van der Waals surface area contributed by atoms with Crippen LogP contribution in [0.4, 0.5) is 20.3 Å². The van der Waals surface area contributed by atoms with Crippen molar-refractivity contribution in [3.63, 3.8) is 0 Å². The molecule has 0 bridgehead atoms. The van der Waals surface area contributed by atoms with Gasteiger partial charge in [0.05, 0.1) is 16.8 Å². The number of rotatable bonds is 9. The fourth-order valence-electron chi connectivity index (χ4n) is 4.74. The van der Waals surface area contributed by atoms with Gasteiger partial charge in [-0.3, -0.25) is 9.59 Å². The minimum Gasteiger partial charge on any atom is -0.398 e. The largest absolute Gasteiger partial charge is 0.398 e. The molecule has 1 aliphatic heterocycles. The third kappa shape index (κ3) is 6.75. The van der Waals surface area contributed by atoms with E-state index >= 15 is 4.39 Å². The summed E-state index contributed by atoms with van der Waals surface area (Å²) in [6, 6.07) is 4.97. The lowest BCUT2D eigenvalue weighted by Gasteiger charge is -2.41. The van der Waals surface area contributed by atoms with Gasteiger partial charge in [0.2, 0.25) is 12.3 Å². The first-order valence-corrected chi connectivity index (χ1v) is 13.9. The molecule has 0 radical (unpaired) electrons. The number of nitrogen functional groups attached to an aromatic ring is 1. The van der Waals surface area contributed by atoms with Crippen LogP contribution in [0.1, 0.15) is 47.1 Å². The molecular formula is C32H40F2N6O2. The van der Waals surface area contributed by atoms with Gasteiger partial charge in [-0.2, -0.15) is 0 Å². The Morgan fingerprint density at radius 3 is 2.43 bits per heavy atom. The average molecular weight is 579 g/mol. The van der Waals surface area contributed by atoms with Crippen LogP contribution < -0.4 is 11.1 Å². The third-order valence-electron chi connectivity index (χ3n) is 7.54. The normalized spacial score (nSPS) is 16.4. The number of piperazine rings is 1. The Kier molecular flexibility index (Phi) is 10.4. The summed E-state index contributed by atoms with van der Waals surface area (Å²) in [6.45, 7) is 21.0. The van der Waals surface area contributed by atoms with Crippen molar-refractivity contribution in [2.75, 3.05) is 30.7 Å². The van der Waals surface area contributed by atoms with Crippen molar-refractivity contribution < 1.29 is 18.4 Å². The Labute approximate surface area is 246 Å². The number of halogens is 2. The molecule has 0 spiro atoms. The van der Waals surface area contributed by atoms with Crippen molar-refractivity contribution >= 4 is 29.7 Å². The van der Waals surface area contributed by atoms with E-state index in [0.29, 0.717) is 37.6 Å². The Morgan fingerprint density at radius 2 is 1.88 bits per heavy atom. The molecule has 10 heteroatoms. The number of amides is 2. The minimum absolute atomic E-state index is 0.00253. The Hall–Kier alpha value is -4.34. The molecule has 2 heterocycles. The average Bonchev–Trinajstić information content (AvgIpc) is 2.94. The second-order valence-corrected chi connectivity index (χ2v) is 11.0. The van der Waals surface area contributed by atoms with Crippen molar-refractivity contribution in [1.82, 2.24) is 14.8 Å². The molecular weight excluding hydrogens is 538 g/mol. The van der Waals surface area contributed by atoms with Gasteiger partial charge in [0.15, 0.2) is 5.82 Å². The molecule has 42 heavy (non-hydrogen) atoms. The van der Waals surface area contributed by atoms with Crippen LogP contribution in [0.5, 0.6) is 0 Å². The second kappa shape index (κ2) is 13.5. The van der Waals surface area contributed by atoms with E-state index in [0.717, 1.165) is 17.2 Å². The smallest absolute Gasteiger partial charge is 0.246 e. The van der Waals surface area contributed by atoms with Gasteiger partial charge in [0.1, 0.15) is 23.2 Å². The zero-order valence-corrected chi connectivity index (χ0v) is 25.2. The fraction of sp³-hybridized carbons (Fsp3) is 0.375. The summed E-state index contributed by atoms with van der Waals surface area (Å²) in [5.74, 6) is -1.26. The quantitative estimate of drug-likeness (QED) is 0.0980. The number of hydrogen-bond donors (Lipinski definition) is 2. The number of allylic oxidation sites excluding steroid dienone is 2. The predicted octanol–water partition coefficient (Wildman–Crippen LogP) is 5.78. The summed E-state index contributed by atoms with van der Waals surface area (Å²) in [4.78, 5) is 37.2. The molecule has 1 aromatic carbocycles. The lowest BCUT2D eigenvalue weighted by Crippen LogP contribution is -2.55. The van der Waals surface area contributed by atoms with Gasteiger partial charge in [0, 0.05) is 31.4 Å². The van der Waals surface area contributed by atoms with Gasteiger partial charge < -0.3 is 20.9 Å². The molecule has 2 amide bonds. The standard InChI is InChI=1S/C32H40F2N6O2/c1-9-27(42)39-13-14-40(20(6)16-39)32(38-29(21(7)18(2)3)22(8)19(4)5)23-15-25(34)30(37-31(23)36-17-41)28-24(33)11-10-12-26(28)35/h9-12,15,17-20H,1,7,13-14,16,35H2,2-6,8H3,(H,36,37,41)/b29-22-,38-32?. The molecule has 1 atom stereocenters. The Bertz CT molecular complexity index is 1430. The number of nitrogens with two attached hydrogens (primary N) is 1. The summed E-state index contributed by atoms with van der Waals surface area (Å²) >= 11 is 0. The fourth-order valence-corrected chi connectivity index (χ4v) is 4.74. The van der Waals surface area contributed by atoms with Crippen LogP contribution in [0, 0.1) is 23.5 Å². The zero-order chi connectivity index (χ0) is 31.3. The Balaban J connectivity index is 2.35. The Morgan fingerprint density at radius 1 is 1.19 bits per heavy atom. The number of carbonyl (C=O) groups is 2. The topological polar surface area (TPSA) is 104 Å². The minimum atomic E-state index is -0.840. The summed E-state index contributed by atoms with van der Waals surface area (Å²) in [6.07, 6.45) is 1.69. The molecule has 2 aromatic rings. The van der Waals surface area contributed by atoms with E-state index < -0.39 is 11.6 Å². The van der Waals surface area contributed by atoms with E-state index in [4.69, 9.17) is 10.7 Å². The van der Waals surface area contributed by atoms with Crippen LogP contribution in [0.25, 0.3) is 11.3 Å². The van der Waals surface area contributed by atoms with Crippen molar-refractivity contribution in [2.24, 2.45) is 16.8 Å². The highest BCUT2D eigenvalue weighted by molar-refractivity contribution is 6.05. The third-order valence-corrected chi connectivity index (χ3v) is 7.54. The van der Waals surface area contributed by atoms with Crippen molar-refractivity contribution in [3.8, 4) is 11.3 Å². The molecule has 1 unspecified atom stereocenters. The molecule has 1 aromatic heterocycles. The summed E-state index contributed by atoms with van der Waals surface area (Å²) in [7, 11) is 0. The van der Waals surface area contributed by atoms with E-state index in [-0.39, 0.29) is 52.1 Å². The number of anilines is 2. The van der Waals surface area contributed by atoms with Crippen molar-refractivity contribution in [2.45, 2.75) is 47.6 Å². The number of benzene rings is 1. The number of hydrogen-bond acceptors (Lipinski definition) is 5. The lowest BCUT2D eigenvalue weighted by molar-refractivity contribution is -0.128. The maximum absolute atomic E-state index is 15.9. The van der Waals surface area contributed by atoms with Gasteiger partial charge in [-0.1, -0.05) is 46.9 Å². The molecule has 0 saturated carbocycles.